The molecule has 0 saturated heterocycles. The van der Waals surface area contributed by atoms with Crippen LogP contribution >= 0.6 is 0 Å². The minimum absolute atomic E-state index is 0.0833. The summed E-state index contributed by atoms with van der Waals surface area (Å²) in [4.78, 5) is 15.0. The zero-order valence-electron chi connectivity index (χ0n) is 14.1. The van der Waals surface area contributed by atoms with Gasteiger partial charge in [0.2, 0.25) is 0 Å². The number of anilines is 1. The highest BCUT2D eigenvalue weighted by atomic mass is 16.2. The smallest absolute Gasteiger partial charge is 0.258 e. The summed E-state index contributed by atoms with van der Waals surface area (Å²) in [5.41, 5.74) is 4.20. The van der Waals surface area contributed by atoms with Gasteiger partial charge in [-0.3, -0.25) is 9.48 Å². The van der Waals surface area contributed by atoms with E-state index in [0.717, 1.165) is 42.6 Å². The molecule has 25 heavy (non-hydrogen) atoms. The van der Waals surface area contributed by atoms with Crippen LogP contribution < -0.4 is 4.90 Å². The summed E-state index contributed by atoms with van der Waals surface area (Å²) >= 11 is 0. The van der Waals surface area contributed by atoms with Gasteiger partial charge >= 0.3 is 0 Å². The molecular weight excluding hydrogens is 310 g/mol. The Balaban J connectivity index is 1.56. The van der Waals surface area contributed by atoms with Gasteiger partial charge in [0, 0.05) is 30.2 Å². The van der Waals surface area contributed by atoms with Gasteiger partial charge in [0.15, 0.2) is 0 Å². The fourth-order valence-electron chi connectivity index (χ4n) is 3.39. The molecule has 1 aliphatic heterocycles. The van der Waals surface area contributed by atoms with E-state index in [1.165, 1.54) is 5.56 Å². The highest BCUT2D eigenvalue weighted by Crippen LogP contribution is 2.27. The number of carbonyl (C=O) groups is 1. The number of fused-ring (bicyclic) bond motifs is 1. The molecule has 3 aromatic rings. The van der Waals surface area contributed by atoms with Crippen molar-refractivity contribution in [2.75, 3.05) is 11.4 Å². The molecule has 0 radical (unpaired) electrons. The number of benzene rings is 2. The van der Waals surface area contributed by atoms with Crippen LogP contribution in [-0.2, 0) is 13.0 Å². The van der Waals surface area contributed by atoms with Crippen LogP contribution in [0.4, 0.5) is 5.69 Å². The van der Waals surface area contributed by atoms with Crippen molar-refractivity contribution < 1.29 is 4.79 Å². The molecule has 4 nitrogen and oxygen atoms in total. The van der Waals surface area contributed by atoms with E-state index in [0.29, 0.717) is 6.54 Å². The molecule has 0 aliphatic carbocycles. The normalized spacial score (nSPS) is 14.0. The summed E-state index contributed by atoms with van der Waals surface area (Å²) in [5.74, 6) is 0.0833. The second-order valence-electron chi connectivity index (χ2n) is 6.44. The first-order chi connectivity index (χ1) is 12.3. The fraction of sp³-hybridized carbons (Fsp3) is 0.238. The predicted octanol–water partition coefficient (Wildman–Crippen LogP) is 3.91. The number of carbonyl (C=O) groups excluding carboxylic acids is 1. The van der Waals surface area contributed by atoms with E-state index < -0.39 is 0 Å². The van der Waals surface area contributed by atoms with E-state index in [4.69, 9.17) is 0 Å². The first kappa shape index (κ1) is 15.6. The van der Waals surface area contributed by atoms with Crippen molar-refractivity contribution >= 4 is 11.6 Å². The fourth-order valence-corrected chi connectivity index (χ4v) is 3.39. The predicted molar refractivity (Wildman–Crippen MR) is 98.8 cm³/mol. The van der Waals surface area contributed by atoms with Gasteiger partial charge in [-0.05, 0) is 54.7 Å². The van der Waals surface area contributed by atoms with Gasteiger partial charge in [0.1, 0.15) is 0 Å². The standard InChI is InChI=1S/C21H21N3O/c25-21(24-15-4-3-7-18-6-1-2-8-20(18)24)19-11-9-17(10-12-19)16-23-14-5-13-22-23/h1-2,5-6,8-14H,3-4,7,15-16H2. The summed E-state index contributed by atoms with van der Waals surface area (Å²) in [7, 11) is 0. The molecule has 1 aliphatic rings. The van der Waals surface area contributed by atoms with Crippen molar-refractivity contribution in [2.45, 2.75) is 25.8 Å². The Hall–Kier alpha value is -2.88. The Morgan fingerprint density at radius 2 is 1.84 bits per heavy atom. The van der Waals surface area contributed by atoms with E-state index in [9.17, 15) is 4.79 Å². The minimum atomic E-state index is 0.0833. The SMILES string of the molecule is O=C(c1ccc(Cn2cccn2)cc1)N1CCCCc2ccccc21. The molecule has 0 atom stereocenters. The second-order valence-corrected chi connectivity index (χ2v) is 6.44. The highest BCUT2D eigenvalue weighted by molar-refractivity contribution is 6.06. The molecular formula is C21H21N3O. The van der Waals surface area contributed by atoms with Crippen molar-refractivity contribution in [3.05, 3.63) is 83.7 Å². The Labute approximate surface area is 147 Å². The number of aryl methyl sites for hydroxylation is 1. The number of para-hydroxylation sites is 1. The molecule has 4 heteroatoms. The van der Waals surface area contributed by atoms with Crippen LogP contribution in [0.3, 0.4) is 0 Å². The number of hydrogen-bond acceptors (Lipinski definition) is 2. The number of hydrogen-bond donors (Lipinski definition) is 0. The van der Waals surface area contributed by atoms with Crippen LogP contribution in [0.2, 0.25) is 0 Å². The Morgan fingerprint density at radius 3 is 2.64 bits per heavy atom. The van der Waals surface area contributed by atoms with Gasteiger partial charge in [-0.15, -0.1) is 0 Å². The first-order valence-electron chi connectivity index (χ1n) is 8.77. The van der Waals surface area contributed by atoms with Crippen LogP contribution in [0.25, 0.3) is 0 Å². The molecule has 0 unspecified atom stereocenters. The van der Waals surface area contributed by atoms with E-state index in [1.807, 2.05) is 52.2 Å². The third-order valence-corrected chi connectivity index (χ3v) is 4.71. The lowest BCUT2D eigenvalue weighted by Crippen LogP contribution is -2.31. The van der Waals surface area contributed by atoms with Crippen LogP contribution in [0.5, 0.6) is 0 Å². The molecule has 4 rings (SSSR count). The van der Waals surface area contributed by atoms with Gasteiger partial charge in [0.05, 0.1) is 6.54 Å². The largest absolute Gasteiger partial charge is 0.308 e. The average molecular weight is 331 g/mol. The zero-order valence-corrected chi connectivity index (χ0v) is 14.1. The summed E-state index contributed by atoms with van der Waals surface area (Å²) in [6, 6.07) is 18.0. The topological polar surface area (TPSA) is 38.1 Å². The molecule has 2 aromatic carbocycles. The van der Waals surface area contributed by atoms with Crippen molar-refractivity contribution in [3.63, 3.8) is 0 Å². The number of nitrogens with zero attached hydrogens (tertiary/aromatic N) is 3. The maximum atomic E-state index is 13.1. The first-order valence-corrected chi connectivity index (χ1v) is 8.77. The van der Waals surface area contributed by atoms with Gasteiger partial charge in [-0.2, -0.15) is 5.10 Å². The molecule has 2 heterocycles. The molecule has 0 bridgehead atoms. The van der Waals surface area contributed by atoms with E-state index in [1.54, 1.807) is 6.20 Å². The monoisotopic (exact) mass is 331 g/mol. The second kappa shape index (κ2) is 6.93. The third kappa shape index (κ3) is 3.33. The minimum Gasteiger partial charge on any atom is -0.308 e. The van der Waals surface area contributed by atoms with E-state index >= 15 is 0 Å². The van der Waals surface area contributed by atoms with Crippen molar-refractivity contribution in [3.8, 4) is 0 Å². The molecule has 0 spiro atoms. The number of rotatable bonds is 3. The maximum Gasteiger partial charge on any atom is 0.258 e. The zero-order chi connectivity index (χ0) is 17.1. The molecule has 1 amide bonds. The van der Waals surface area contributed by atoms with Crippen LogP contribution in [0.15, 0.2) is 67.0 Å². The Bertz CT molecular complexity index is 853. The summed E-state index contributed by atoms with van der Waals surface area (Å²) in [6.45, 7) is 1.50. The van der Waals surface area contributed by atoms with Crippen molar-refractivity contribution in [2.24, 2.45) is 0 Å². The highest BCUT2D eigenvalue weighted by Gasteiger charge is 2.21. The summed E-state index contributed by atoms with van der Waals surface area (Å²) in [6.07, 6.45) is 6.92. The lowest BCUT2D eigenvalue weighted by molar-refractivity contribution is 0.0987. The third-order valence-electron chi connectivity index (χ3n) is 4.71. The molecule has 126 valence electrons. The molecule has 0 fully saturated rings. The lowest BCUT2D eigenvalue weighted by atomic mass is 10.1. The summed E-state index contributed by atoms with van der Waals surface area (Å²) in [5, 5.41) is 4.22. The van der Waals surface area contributed by atoms with Crippen LogP contribution in [0.1, 0.15) is 34.3 Å². The quantitative estimate of drug-likeness (QED) is 0.730. The summed E-state index contributed by atoms with van der Waals surface area (Å²) < 4.78 is 1.88. The van der Waals surface area contributed by atoms with Gasteiger partial charge in [0.25, 0.3) is 5.91 Å². The average Bonchev–Trinajstić information content (AvgIpc) is 3.06. The van der Waals surface area contributed by atoms with Crippen LogP contribution in [-0.4, -0.2) is 22.2 Å². The van der Waals surface area contributed by atoms with E-state index in [2.05, 4.69) is 23.3 Å². The van der Waals surface area contributed by atoms with Gasteiger partial charge in [-0.25, -0.2) is 0 Å². The van der Waals surface area contributed by atoms with E-state index in [-0.39, 0.29) is 5.91 Å². The van der Waals surface area contributed by atoms with Crippen molar-refractivity contribution in [1.82, 2.24) is 9.78 Å². The lowest BCUT2D eigenvalue weighted by Gasteiger charge is -2.23. The Morgan fingerprint density at radius 1 is 1.00 bits per heavy atom. The van der Waals surface area contributed by atoms with Crippen LogP contribution in [0, 0.1) is 0 Å². The number of aromatic nitrogens is 2. The Kier molecular flexibility index (Phi) is 4.34. The molecule has 0 saturated carbocycles. The van der Waals surface area contributed by atoms with Gasteiger partial charge in [-0.1, -0.05) is 30.3 Å². The molecule has 1 aromatic heterocycles. The number of amides is 1. The van der Waals surface area contributed by atoms with Crippen molar-refractivity contribution in [1.29, 1.82) is 0 Å². The molecule has 0 N–H and O–H groups in total. The van der Waals surface area contributed by atoms with Gasteiger partial charge < -0.3 is 4.90 Å². The maximum absolute atomic E-state index is 13.1.